The maximum absolute atomic E-state index is 11.3. The summed E-state index contributed by atoms with van der Waals surface area (Å²) in [5.41, 5.74) is 2.00. The number of halogens is 2. The lowest BCUT2D eigenvalue weighted by Crippen LogP contribution is -2.41. The molecule has 0 bridgehead atoms. The van der Waals surface area contributed by atoms with Crippen molar-refractivity contribution in [1.29, 1.82) is 0 Å². The fourth-order valence-corrected chi connectivity index (χ4v) is 1.52. The summed E-state index contributed by atoms with van der Waals surface area (Å²) in [6, 6.07) is 7.20. The van der Waals surface area contributed by atoms with Crippen LogP contribution >= 0.6 is 23.6 Å². The fourth-order valence-electron chi connectivity index (χ4n) is 1.33. The van der Waals surface area contributed by atoms with E-state index in [1.165, 1.54) is 4.90 Å². The first-order valence-corrected chi connectivity index (χ1v) is 4.39. The van der Waals surface area contributed by atoms with Gasteiger partial charge in [-0.15, -0.1) is 3.94 Å². The number of urea groups is 1. The maximum atomic E-state index is 11.3. The van der Waals surface area contributed by atoms with E-state index in [2.05, 4.69) is 0 Å². The van der Waals surface area contributed by atoms with E-state index in [0.29, 0.717) is 10.5 Å². The summed E-state index contributed by atoms with van der Waals surface area (Å²) in [6.45, 7) is 0.574. The van der Waals surface area contributed by atoms with Crippen molar-refractivity contribution in [3.05, 3.63) is 29.8 Å². The Bertz CT molecular complexity index is 354. The van der Waals surface area contributed by atoms with Crippen LogP contribution in [0.25, 0.3) is 0 Å². The molecule has 68 valence electrons. The van der Waals surface area contributed by atoms with E-state index >= 15 is 0 Å². The molecule has 5 heteroatoms. The molecule has 1 aliphatic heterocycles. The molecule has 2 amide bonds. The Morgan fingerprint density at radius 1 is 1.38 bits per heavy atom. The van der Waals surface area contributed by atoms with E-state index in [-0.39, 0.29) is 0 Å². The fraction of sp³-hybridized carbons (Fsp3) is 0.125. The highest BCUT2D eigenvalue weighted by Gasteiger charge is 2.30. The zero-order valence-corrected chi connectivity index (χ0v) is 8.09. The maximum Gasteiger partial charge on any atom is 0.354 e. The van der Waals surface area contributed by atoms with Crippen LogP contribution in [0.2, 0.25) is 0 Å². The molecule has 13 heavy (non-hydrogen) atoms. The van der Waals surface area contributed by atoms with E-state index in [9.17, 15) is 4.79 Å². The molecular weight excluding hydrogens is 211 g/mol. The highest BCUT2D eigenvalue weighted by molar-refractivity contribution is 6.42. The van der Waals surface area contributed by atoms with Crippen molar-refractivity contribution in [3.63, 3.8) is 0 Å². The van der Waals surface area contributed by atoms with Gasteiger partial charge in [0.1, 0.15) is 0 Å². The van der Waals surface area contributed by atoms with Gasteiger partial charge in [-0.3, -0.25) is 4.90 Å². The minimum Gasteiger partial charge on any atom is -0.287 e. The molecule has 0 radical (unpaired) electrons. The number of hydrogen-bond donors (Lipinski definition) is 0. The Balaban J connectivity index is 2.22. The summed E-state index contributed by atoms with van der Waals surface area (Å²) in [7, 11) is 0. The Hall–Kier alpha value is -0.930. The molecule has 2 rings (SSSR count). The molecule has 1 aromatic rings. The topological polar surface area (TPSA) is 23.6 Å². The molecule has 0 N–H and O–H groups in total. The Morgan fingerprint density at radius 2 is 2.08 bits per heavy atom. The highest BCUT2D eigenvalue weighted by Crippen LogP contribution is 2.33. The van der Waals surface area contributed by atoms with Gasteiger partial charge < -0.3 is 0 Å². The van der Waals surface area contributed by atoms with Crippen LogP contribution in [0.15, 0.2) is 24.3 Å². The molecule has 1 aliphatic rings. The predicted molar refractivity (Wildman–Crippen MR) is 51.6 cm³/mol. The standard InChI is InChI=1S/C8H6Cl2N2O/c9-12(10)8(13)11-5-6-3-1-2-4-7(6)11/h1-4H,5H2. The molecule has 0 unspecified atom stereocenters. The van der Waals surface area contributed by atoms with Crippen molar-refractivity contribution < 1.29 is 4.79 Å². The average Bonchev–Trinajstić information content (AvgIpc) is 2.06. The van der Waals surface area contributed by atoms with E-state index in [4.69, 9.17) is 23.6 Å². The minimum atomic E-state index is -0.415. The largest absolute Gasteiger partial charge is 0.354 e. The van der Waals surface area contributed by atoms with Crippen molar-refractivity contribution in [2.24, 2.45) is 0 Å². The van der Waals surface area contributed by atoms with Crippen LogP contribution in [-0.2, 0) is 6.54 Å². The molecule has 1 heterocycles. The summed E-state index contributed by atoms with van der Waals surface area (Å²) < 4.78 is 0.538. The number of carbonyl (C=O) groups excluding carboxylic acids is 1. The quantitative estimate of drug-likeness (QED) is 0.613. The molecule has 0 fully saturated rings. The summed E-state index contributed by atoms with van der Waals surface area (Å²) in [5.74, 6) is 0. The van der Waals surface area contributed by atoms with Crippen LogP contribution < -0.4 is 4.90 Å². The van der Waals surface area contributed by atoms with Crippen molar-refractivity contribution >= 4 is 35.3 Å². The van der Waals surface area contributed by atoms with Crippen molar-refractivity contribution in [3.8, 4) is 0 Å². The van der Waals surface area contributed by atoms with Crippen LogP contribution in [-0.4, -0.2) is 9.97 Å². The lowest BCUT2D eigenvalue weighted by Gasteiger charge is -2.33. The van der Waals surface area contributed by atoms with Crippen LogP contribution in [0, 0.1) is 0 Å². The summed E-state index contributed by atoms with van der Waals surface area (Å²) in [5, 5.41) is 0. The number of nitrogens with zero attached hydrogens (tertiary/aromatic N) is 2. The second kappa shape index (κ2) is 3.09. The third-order valence-corrected chi connectivity index (χ3v) is 2.28. The SMILES string of the molecule is O=C(N(Cl)Cl)N1Cc2ccccc21. The van der Waals surface area contributed by atoms with Gasteiger partial charge in [0.05, 0.1) is 12.2 Å². The normalized spacial score (nSPS) is 13.2. The first-order chi connectivity index (χ1) is 6.20. The molecule has 0 aromatic heterocycles. The van der Waals surface area contributed by atoms with E-state index < -0.39 is 6.03 Å². The minimum absolute atomic E-state index is 0.415. The van der Waals surface area contributed by atoms with Crippen molar-refractivity contribution in [2.75, 3.05) is 4.90 Å². The average molecular weight is 217 g/mol. The molecule has 0 spiro atoms. The molecule has 3 nitrogen and oxygen atoms in total. The molecular formula is C8H6Cl2N2O. The van der Waals surface area contributed by atoms with Gasteiger partial charge in [-0.1, -0.05) is 18.2 Å². The van der Waals surface area contributed by atoms with Crippen molar-refractivity contribution in [2.45, 2.75) is 6.54 Å². The van der Waals surface area contributed by atoms with Gasteiger partial charge in [0.25, 0.3) is 0 Å². The van der Waals surface area contributed by atoms with Gasteiger partial charge in [0.15, 0.2) is 0 Å². The Kier molecular flexibility index (Phi) is 2.06. The predicted octanol–water partition coefficient (Wildman–Crippen LogP) is 2.74. The number of fused-ring (bicyclic) bond motifs is 1. The number of para-hydroxylation sites is 1. The number of benzene rings is 1. The molecule has 1 aromatic carbocycles. The van der Waals surface area contributed by atoms with E-state index in [1.54, 1.807) is 0 Å². The van der Waals surface area contributed by atoms with Crippen LogP contribution in [0.5, 0.6) is 0 Å². The van der Waals surface area contributed by atoms with E-state index in [1.807, 2.05) is 24.3 Å². The van der Waals surface area contributed by atoms with Crippen molar-refractivity contribution in [1.82, 2.24) is 3.94 Å². The lowest BCUT2D eigenvalue weighted by molar-refractivity contribution is 0.241. The smallest absolute Gasteiger partial charge is 0.287 e. The summed E-state index contributed by atoms with van der Waals surface area (Å²) in [4.78, 5) is 12.8. The van der Waals surface area contributed by atoms with Crippen LogP contribution in [0.3, 0.4) is 0 Å². The zero-order chi connectivity index (χ0) is 9.42. The van der Waals surface area contributed by atoms with Gasteiger partial charge in [0.2, 0.25) is 0 Å². The summed E-state index contributed by atoms with van der Waals surface area (Å²) in [6.07, 6.45) is 0. The highest BCUT2D eigenvalue weighted by atomic mass is 35.5. The third kappa shape index (κ3) is 1.34. The molecule has 0 saturated heterocycles. The third-order valence-electron chi connectivity index (χ3n) is 1.99. The Morgan fingerprint density at radius 3 is 2.69 bits per heavy atom. The molecule has 0 saturated carbocycles. The summed E-state index contributed by atoms with van der Waals surface area (Å²) >= 11 is 10.6. The van der Waals surface area contributed by atoms with Gasteiger partial charge in [-0.2, -0.15) is 0 Å². The number of rotatable bonds is 0. The zero-order valence-electron chi connectivity index (χ0n) is 6.58. The van der Waals surface area contributed by atoms with E-state index in [0.717, 1.165) is 11.3 Å². The molecule has 0 atom stereocenters. The van der Waals surface area contributed by atoms with Crippen LogP contribution in [0.1, 0.15) is 5.56 Å². The van der Waals surface area contributed by atoms with Gasteiger partial charge >= 0.3 is 6.03 Å². The van der Waals surface area contributed by atoms with Crippen LogP contribution in [0.4, 0.5) is 10.5 Å². The van der Waals surface area contributed by atoms with Gasteiger partial charge in [-0.25, -0.2) is 4.79 Å². The van der Waals surface area contributed by atoms with Gasteiger partial charge in [-0.05, 0) is 11.6 Å². The number of hydrogen-bond acceptors (Lipinski definition) is 1. The first kappa shape index (κ1) is 8.66. The second-order valence-electron chi connectivity index (χ2n) is 2.73. The van der Waals surface area contributed by atoms with Gasteiger partial charge in [0, 0.05) is 23.6 Å². The number of anilines is 1. The molecule has 0 aliphatic carbocycles. The number of carbonyl (C=O) groups is 1. The second-order valence-corrected chi connectivity index (χ2v) is 3.58. The Labute approximate surface area is 85.7 Å². The first-order valence-electron chi connectivity index (χ1n) is 3.71. The monoisotopic (exact) mass is 216 g/mol. The lowest BCUT2D eigenvalue weighted by atomic mass is 10.0. The number of amides is 2.